The van der Waals surface area contributed by atoms with Crippen LogP contribution in [0.5, 0.6) is 0 Å². The highest BCUT2D eigenvalue weighted by atomic mass is 19.4. The number of hydrogen-bond donors (Lipinski definition) is 1. The Kier molecular flexibility index (Phi) is 6.36. The molecule has 2 aliphatic heterocycles. The molecule has 166 valence electrons. The van der Waals surface area contributed by atoms with Crippen molar-refractivity contribution in [2.75, 3.05) is 26.9 Å². The zero-order chi connectivity index (χ0) is 21.3. The van der Waals surface area contributed by atoms with Crippen molar-refractivity contribution in [2.45, 2.75) is 63.0 Å². The molecule has 0 radical (unpaired) electrons. The average Bonchev–Trinajstić information content (AvgIpc) is 3.20. The SMILES string of the molecule is COC1COCCC1NC1CCC(C(=O)N2CCc3ccc(C(F)(F)F)cc3C2)C1. The number of halogens is 3. The second-order valence-corrected chi connectivity index (χ2v) is 8.61. The number of carbonyl (C=O) groups is 1. The number of hydrogen-bond acceptors (Lipinski definition) is 4. The van der Waals surface area contributed by atoms with E-state index in [1.165, 1.54) is 6.07 Å². The molecular formula is C22H29F3N2O3. The zero-order valence-corrected chi connectivity index (χ0v) is 17.2. The van der Waals surface area contributed by atoms with Crippen molar-refractivity contribution < 1.29 is 27.4 Å². The highest BCUT2D eigenvalue weighted by Crippen LogP contribution is 2.34. The Bertz CT molecular complexity index is 770. The lowest BCUT2D eigenvalue weighted by molar-refractivity contribution is -0.137. The Morgan fingerprint density at radius 1 is 1.23 bits per heavy atom. The fourth-order valence-electron chi connectivity index (χ4n) is 4.97. The maximum Gasteiger partial charge on any atom is 0.416 e. The number of carbonyl (C=O) groups excluding carboxylic acids is 1. The number of methoxy groups -OCH3 is 1. The fraction of sp³-hybridized carbons (Fsp3) is 0.682. The summed E-state index contributed by atoms with van der Waals surface area (Å²) in [6, 6.07) is 4.37. The summed E-state index contributed by atoms with van der Waals surface area (Å²) in [5.41, 5.74) is 0.871. The lowest BCUT2D eigenvalue weighted by Gasteiger charge is -2.33. The van der Waals surface area contributed by atoms with E-state index in [1.807, 2.05) is 0 Å². The Labute approximate surface area is 174 Å². The van der Waals surface area contributed by atoms with Crippen molar-refractivity contribution in [3.8, 4) is 0 Å². The maximum atomic E-state index is 13.1. The third-order valence-corrected chi connectivity index (χ3v) is 6.70. The van der Waals surface area contributed by atoms with Crippen LogP contribution >= 0.6 is 0 Å². The molecule has 0 spiro atoms. The summed E-state index contributed by atoms with van der Waals surface area (Å²) in [5, 5.41) is 3.65. The molecule has 3 aliphatic rings. The van der Waals surface area contributed by atoms with Gasteiger partial charge in [-0.2, -0.15) is 13.2 Å². The molecule has 2 fully saturated rings. The first-order chi connectivity index (χ1) is 14.3. The molecular weight excluding hydrogens is 397 g/mol. The van der Waals surface area contributed by atoms with E-state index in [1.54, 1.807) is 18.1 Å². The predicted molar refractivity (Wildman–Crippen MR) is 105 cm³/mol. The number of nitrogens with one attached hydrogen (secondary N) is 1. The Morgan fingerprint density at radius 2 is 2.07 bits per heavy atom. The van der Waals surface area contributed by atoms with Crippen molar-refractivity contribution >= 4 is 5.91 Å². The molecule has 1 saturated heterocycles. The molecule has 30 heavy (non-hydrogen) atoms. The van der Waals surface area contributed by atoms with Gasteiger partial charge in [0, 0.05) is 44.8 Å². The normalized spacial score (nSPS) is 29.7. The summed E-state index contributed by atoms with van der Waals surface area (Å²) in [4.78, 5) is 14.8. The van der Waals surface area contributed by atoms with Crippen LogP contribution in [-0.2, 0) is 33.4 Å². The van der Waals surface area contributed by atoms with Crippen LogP contribution in [0.25, 0.3) is 0 Å². The Balaban J connectivity index is 1.35. The standard InChI is InChI=1S/C22H29F3N2O3/c1-29-20-13-30-9-7-19(20)26-18-5-3-15(11-18)21(28)27-8-6-14-2-4-17(22(23,24)25)10-16(14)12-27/h2,4,10,15,18-20,26H,3,5-9,11-13H2,1H3. The number of rotatable bonds is 4. The van der Waals surface area contributed by atoms with Gasteiger partial charge in [-0.3, -0.25) is 4.79 Å². The monoisotopic (exact) mass is 426 g/mol. The maximum absolute atomic E-state index is 13.1. The molecule has 2 heterocycles. The van der Waals surface area contributed by atoms with E-state index in [9.17, 15) is 18.0 Å². The van der Waals surface area contributed by atoms with Crippen LogP contribution in [0.4, 0.5) is 13.2 Å². The van der Waals surface area contributed by atoms with Crippen LogP contribution < -0.4 is 5.32 Å². The summed E-state index contributed by atoms with van der Waals surface area (Å²) in [5.74, 6) is -0.00619. The van der Waals surface area contributed by atoms with Gasteiger partial charge in [0.1, 0.15) is 0 Å². The highest BCUT2D eigenvalue weighted by Gasteiger charge is 2.37. The molecule has 4 unspecified atom stereocenters. The van der Waals surface area contributed by atoms with E-state index in [2.05, 4.69) is 5.32 Å². The molecule has 4 atom stereocenters. The first-order valence-corrected chi connectivity index (χ1v) is 10.7. The van der Waals surface area contributed by atoms with Crippen molar-refractivity contribution in [1.82, 2.24) is 10.2 Å². The highest BCUT2D eigenvalue weighted by molar-refractivity contribution is 5.79. The summed E-state index contributed by atoms with van der Waals surface area (Å²) in [6.07, 6.45) is -0.358. The third-order valence-electron chi connectivity index (χ3n) is 6.70. The second kappa shape index (κ2) is 8.85. The second-order valence-electron chi connectivity index (χ2n) is 8.61. The van der Waals surface area contributed by atoms with E-state index in [0.717, 1.165) is 37.3 Å². The summed E-state index contributed by atoms with van der Waals surface area (Å²) >= 11 is 0. The number of ether oxygens (including phenoxy) is 2. The van der Waals surface area contributed by atoms with Crippen LogP contribution in [0.2, 0.25) is 0 Å². The predicted octanol–water partition coefficient (Wildman–Crippen LogP) is 3.15. The van der Waals surface area contributed by atoms with Gasteiger partial charge in [-0.05, 0) is 55.4 Å². The van der Waals surface area contributed by atoms with Crippen LogP contribution in [-0.4, -0.2) is 55.9 Å². The van der Waals surface area contributed by atoms with Gasteiger partial charge in [0.05, 0.1) is 18.3 Å². The van der Waals surface area contributed by atoms with Crippen molar-refractivity contribution in [3.05, 3.63) is 34.9 Å². The molecule has 5 nitrogen and oxygen atoms in total. The lowest BCUT2D eigenvalue weighted by Crippen LogP contribution is -2.50. The van der Waals surface area contributed by atoms with Gasteiger partial charge in [-0.15, -0.1) is 0 Å². The Hall–Kier alpha value is -1.64. The average molecular weight is 426 g/mol. The number of amides is 1. The van der Waals surface area contributed by atoms with Gasteiger partial charge >= 0.3 is 6.18 Å². The van der Waals surface area contributed by atoms with Gasteiger partial charge < -0.3 is 19.7 Å². The first-order valence-electron chi connectivity index (χ1n) is 10.7. The first kappa shape index (κ1) is 21.6. The van der Waals surface area contributed by atoms with E-state index < -0.39 is 11.7 Å². The number of benzene rings is 1. The largest absolute Gasteiger partial charge is 0.416 e. The molecule has 0 aromatic heterocycles. The van der Waals surface area contributed by atoms with Gasteiger partial charge in [-0.1, -0.05) is 6.07 Å². The quantitative estimate of drug-likeness (QED) is 0.804. The smallest absolute Gasteiger partial charge is 0.379 e. The molecule has 1 N–H and O–H groups in total. The van der Waals surface area contributed by atoms with Crippen molar-refractivity contribution in [3.63, 3.8) is 0 Å². The summed E-state index contributed by atoms with van der Waals surface area (Å²) < 4.78 is 50.1. The minimum atomic E-state index is -4.37. The minimum absolute atomic E-state index is 0.0231. The van der Waals surface area contributed by atoms with E-state index in [4.69, 9.17) is 9.47 Å². The number of fused-ring (bicyclic) bond motifs is 1. The van der Waals surface area contributed by atoms with E-state index in [-0.39, 0.29) is 36.6 Å². The minimum Gasteiger partial charge on any atom is -0.379 e. The lowest BCUT2D eigenvalue weighted by atomic mass is 9.95. The van der Waals surface area contributed by atoms with Gasteiger partial charge in [0.15, 0.2) is 0 Å². The summed E-state index contributed by atoms with van der Waals surface area (Å²) in [6.45, 7) is 2.12. The van der Waals surface area contributed by atoms with E-state index in [0.29, 0.717) is 31.7 Å². The molecule has 0 bridgehead atoms. The van der Waals surface area contributed by atoms with Gasteiger partial charge in [0.2, 0.25) is 5.91 Å². The Morgan fingerprint density at radius 3 is 2.83 bits per heavy atom. The third kappa shape index (κ3) is 4.65. The molecule has 1 aromatic carbocycles. The molecule has 1 amide bonds. The topological polar surface area (TPSA) is 50.8 Å². The summed E-state index contributed by atoms with van der Waals surface area (Å²) in [7, 11) is 1.69. The van der Waals surface area contributed by atoms with Gasteiger partial charge in [0.25, 0.3) is 0 Å². The molecule has 1 saturated carbocycles. The van der Waals surface area contributed by atoms with E-state index >= 15 is 0 Å². The number of alkyl halides is 3. The van der Waals surface area contributed by atoms with Crippen molar-refractivity contribution in [2.24, 2.45) is 5.92 Å². The van der Waals surface area contributed by atoms with Gasteiger partial charge in [-0.25, -0.2) is 0 Å². The fourth-order valence-corrected chi connectivity index (χ4v) is 4.97. The van der Waals surface area contributed by atoms with Crippen LogP contribution in [0, 0.1) is 5.92 Å². The zero-order valence-electron chi connectivity index (χ0n) is 17.2. The molecule has 1 aromatic rings. The number of nitrogens with zero attached hydrogens (tertiary/aromatic N) is 1. The molecule has 4 rings (SSSR count). The molecule has 1 aliphatic carbocycles. The van der Waals surface area contributed by atoms with Crippen LogP contribution in [0.1, 0.15) is 42.4 Å². The van der Waals surface area contributed by atoms with Crippen molar-refractivity contribution in [1.29, 1.82) is 0 Å². The van der Waals surface area contributed by atoms with Crippen LogP contribution in [0.3, 0.4) is 0 Å². The van der Waals surface area contributed by atoms with Crippen LogP contribution in [0.15, 0.2) is 18.2 Å². The molecule has 8 heteroatoms.